The molecule has 0 aliphatic carbocycles. The molecule has 1 aromatic heterocycles. The molecule has 1 N–H and O–H groups in total. The van der Waals surface area contributed by atoms with E-state index >= 15 is 0 Å². The van der Waals surface area contributed by atoms with E-state index in [1.807, 2.05) is 0 Å². The smallest absolute Gasteiger partial charge is 0.339 e. The third-order valence-electron chi connectivity index (χ3n) is 1.94. The Morgan fingerprint density at radius 1 is 1.35 bits per heavy atom. The molecule has 0 aliphatic heterocycles. The number of hydrogen-bond donors (Lipinski definition) is 1. The van der Waals surface area contributed by atoms with Gasteiger partial charge in [-0.05, 0) is 18.2 Å². The number of aromatic nitrogens is 2. The fraction of sp³-hybridized carbons (Fsp3) is 0. The largest absolute Gasteiger partial charge is 0.478 e. The van der Waals surface area contributed by atoms with E-state index in [2.05, 4.69) is 9.97 Å². The first-order valence-corrected chi connectivity index (χ1v) is 4.63. The third kappa shape index (κ3) is 2.54. The lowest BCUT2D eigenvalue weighted by Crippen LogP contribution is -2.01. The van der Waals surface area contributed by atoms with Gasteiger partial charge in [0.15, 0.2) is 0 Å². The van der Waals surface area contributed by atoms with Gasteiger partial charge in [0.05, 0.1) is 0 Å². The van der Waals surface area contributed by atoms with Gasteiger partial charge in [0, 0.05) is 12.3 Å². The summed E-state index contributed by atoms with van der Waals surface area (Å²) in [5, 5.41) is 8.89. The van der Waals surface area contributed by atoms with E-state index in [4.69, 9.17) is 9.84 Å². The summed E-state index contributed by atoms with van der Waals surface area (Å²) in [6.45, 7) is 0. The van der Waals surface area contributed by atoms with Gasteiger partial charge in [-0.1, -0.05) is 0 Å². The van der Waals surface area contributed by atoms with Gasteiger partial charge in [-0.15, -0.1) is 0 Å². The van der Waals surface area contributed by atoms with Crippen LogP contribution >= 0.6 is 0 Å². The van der Waals surface area contributed by atoms with Gasteiger partial charge in [-0.25, -0.2) is 19.2 Å². The van der Waals surface area contributed by atoms with Crippen molar-refractivity contribution in [3.8, 4) is 11.6 Å². The van der Waals surface area contributed by atoms with E-state index in [1.165, 1.54) is 24.7 Å². The second kappa shape index (κ2) is 4.56. The predicted molar refractivity (Wildman–Crippen MR) is 55.5 cm³/mol. The zero-order valence-corrected chi connectivity index (χ0v) is 8.50. The highest BCUT2D eigenvalue weighted by atomic mass is 19.1. The van der Waals surface area contributed by atoms with Crippen LogP contribution < -0.4 is 4.74 Å². The Morgan fingerprint density at radius 2 is 2.18 bits per heavy atom. The number of carboxylic acids is 1. The van der Waals surface area contributed by atoms with Crippen molar-refractivity contribution in [1.29, 1.82) is 0 Å². The number of rotatable bonds is 3. The van der Waals surface area contributed by atoms with Gasteiger partial charge < -0.3 is 9.84 Å². The fourth-order valence-corrected chi connectivity index (χ4v) is 1.21. The Kier molecular flexibility index (Phi) is 2.95. The molecule has 0 spiro atoms. The first-order chi connectivity index (χ1) is 8.16. The minimum atomic E-state index is -1.27. The second-order valence-electron chi connectivity index (χ2n) is 3.10. The van der Waals surface area contributed by atoms with Crippen molar-refractivity contribution in [3.63, 3.8) is 0 Å². The number of benzene rings is 1. The second-order valence-corrected chi connectivity index (χ2v) is 3.10. The van der Waals surface area contributed by atoms with Gasteiger partial charge in [0.2, 0.25) is 5.88 Å². The Morgan fingerprint density at radius 3 is 2.82 bits per heavy atom. The molecule has 0 unspecified atom stereocenters. The van der Waals surface area contributed by atoms with Crippen molar-refractivity contribution in [2.24, 2.45) is 0 Å². The number of nitrogens with zero attached hydrogens (tertiary/aromatic N) is 2. The Balaban J connectivity index is 2.36. The molecule has 0 aliphatic rings. The zero-order chi connectivity index (χ0) is 12.3. The molecular weight excluding hydrogens is 227 g/mol. The highest BCUT2D eigenvalue weighted by molar-refractivity contribution is 5.90. The Labute approximate surface area is 95.5 Å². The van der Waals surface area contributed by atoms with Gasteiger partial charge in [-0.2, -0.15) is 0 Å². The van der Waals surface area contributed by atoms with Crippen molar-refractivity contribution < 1.29 is 19.0 Å². The zero-order valence-electron chi connectivity index (χ0n) is 8.50. The number of aromatic carboxylic acids is 1. The molecule has 0 bridgehead atoms. The first kappa shape index (κ1) is 11.0. The Hall–Kier alpha value is -2.50. The maximum Gasteiger partial charge on any atom is 0.339 e. The lowest BCUT2D eigenvalue weighted by atomic mass is 10.2. The van der Waals surface area contributed by atoms with Crippen LogP contribution in [0, 0.1) is 5.82 Å². The van der Waals surface area contributed by atoms with Crippen molar-refractivity contribution >= 4 is 5.97 Å². The van der Waals surface area contributed by atoms with Crippen molar-refractivity contribution in [3.05, 3.63) is 48.2 Å². The van der Waals surface area contributed by atoms with E-state index in [9.17, 15) is 9.18 Å². The summed E-state index contributed by atoms with van der Waals surface area (Å²) in [4.78, 5) is 18.4. The molecular formula is C11H7FN2O3. The van der Waals surface area contributed by atoms with Crippen LogP contribution in [0.25, 0.3) is 0 Å². The maximum atomic E-state index is 12.9. The van der Waals surface area contributed by atoms with Crippen molar-refractivity contribution in [1.82, 2.24) is 9.97 Å². The highest BCUT2D eigenvalue weighted by Gasteiger charge is 2.13. The molecule has 0 atom stereocenters. The number of hydrogen-bond acceptors (Lipinski definition) is 4. The minimum absolute atomic E-state index is 0.0256. The average Bonchev–Trinajstić information content (AvgIpc) is 2.32. The summed E-state index contributed by atoms with van der Waals surface area (Å²) >= 11 is 0. The predicted octanol–water partition coefficient (Wildman–Crippen LogP) is 2.11. The highest BCUT2D eigenvalue weighted by Crippen LogP contribution is 2.24. The summed E-state index contributed by atoms with van der Waals surface area (Å²) in [7, 11) is 0. The van der Waals surface area contributed by atoms with Crippen LogP contribution in [0.15, 0.2) is 36.8 Å². The topological polar surface area (TPSA) is 72.3 Å². The van der Waals surface area contributed by atoms with E-state index < -0.39 is 11.8 Å². The van der Waals surface area contributed by atoms with Crippen LogP contribution in [0.1, 0.15) is 10.4 Å². The van der Waals surface area contributed by atoms with Crippen molar-refractivity contribution in [2.75, 3.05) is 0 Å². The molecule has 0 radical (unpaired) electrons. The summed E-state index contributed by atoms with van der Waals surface area (Å²) in [6, 6.07) is 4.71. The molecule has 0 saturated heterocycles. The van der Waals surface area contributed by atoms with Gasteiger partial charge in [-0.3, -0.25) is 0 Å². The maximum absolute atomic E-state index is 12.9. The quantitative estimate of drug-likeness (QED) is 0.880. The number of ether oxygens (including phenoxy) is 1. The minimum Gasteiger partial charge on any atom is -0.478 e. The molecule has 6 heteroatoms. The van der Waals surface area contributed by atoms with E-state index in [0.29, 0.717) is 0 Å². The van der Waals surface area contributed by atoms with Crippen LogP contribution in [0.3, 0.4) is 0 Å². The Bertz CT molecular complexity index is 546. The normalized spacial score (nSPS) is 9.94. The lowest BCUT2D eigenvalue weighted by Gasteiger charge is -2.07. The summed E-state index contributed by atoms with van der Waals surface area (Å²) in [5.41, 5.74) is -0.261. The van der Waals surface area contributed by atoms with Gasteiger partial charge in [0.25, 0.3) is 0 Å². The van der Waals surface area contributed by atoms with Crippen LogP contribution in [-0.4, -0.2) is 21.0 Å². The molecule has 17 heavy (non-hydrogen) atoms. The van der Waals surface area contributed by atoms with Crippen LogP contribution in [0.4, 0.5) is 4.39 Å². The SMILES string of the molecule is O=C(O)c1cc(F)ccc1Oc1ccncn1. The number of carbonyl (C=O) groups is 1. The lowest BCUT2D eigenvalue weighted by molar-refractivity contribution is 0.0693. The molecule has 1 aromatic carbocycles. The third-order valence-corrected chi connectivity index (χ3v) is 1.94. The molecule has 0 amide bonds. The summed E-state index contributed by atoms with van der Waals surface area (Å²) in [6.07, 6.45) is 2.71. The molecule has 5 nitrogen and oxygen atoms in total. The summed E-state index contributed by atoms with van der Waals surface area (Å²) < 4.78 is 18.1. The van der Waals surface area contributed by atoms with Crippen LogP contribution in [0.2, 0.25) is 0 Å². The number of carboxylic acid groups (broad SMARTS) is 1. The van der Waals surface area contributed by atoms with Gasteiger partial charge in [0.1, 0.15) is 23.5 Å². The molecule has 1 heterocycles. The average molecular weight is 234 g/mol. The summed E-state index contributed by atoms with van der Waals surface area (Å²) in [5.74, 6) is -1.70. The standard InChI is InChI=1S/C11H7FN2O3/c12-7-1-2-9(8(5-7)11(15)16)17-10-3-4-13-6-14-10/h1-6H,(H,15,16). The number of halogens is 1. The molecule has 0 saturated carbocycles. The molecule has 2 aromatic rings. The fourth-order valence-electron chi connectivity index (χ4n) is 1.21. The van der Waals surface area contributed by atoms with Gasteiger partial charge >= 0.3 is 5.97 Å². The van der Waals surface area contributed by atoms with E-state index in [-0.39, 0.29) is 17.2 Å². The molecule has 86 valence electrons. The van der Waals surface area contributed by atoms with E-state index in [0.717, 1.165) is 12.1 Å². The van der Waals surface area contributed by atoms with E-state index in [1.54, 1.807) is 0 Å². The first-order valence-electron chi connectivity index (χ1n) is 4.63. The van der Waals surface area contributed by atoms with Crippen molar-refractivity contribution in [2.45, 2.75) is 0 Å². The molecule has 0 fully saturated rings. The molecule has 2 rings (SSSR count). The van der Waals surface area contributed by atoms with Crippen LogP contribution in [-0.2, 0) is 0 Å². The van der Waals surface area contributed by atoms with Crippen LogP contribution in [0.5, 0.6) is 11.6 Å². The monoisotopic (exact) mass is 234 g/mol.